The molecule has 3 unspecified atom stereocenters. The maximum absolute atomic E-state index is 9.71. The maximum Gasteiger partial charge on any atom is 0.104 e. The van der Waals surface area contributed by atoms with Gasteiger partial charge in [-0.3, -0.25) is 0 Å². The topological polar surface area (TPSA) is 47.9 Å². The molecule has 1 fully saturated rings. The molecule has 0 radical (unpaired) electrons. The van der Waals surface area contributed by atoms with Gasteiger partial charge in [0.2, 0.25) is 0 Å². The molecule has 0 amide bonds. The van der Waals surface area contributed by atoms with Crippen molar-refractivity contribution in [1.82, 2.24) is 0 Å². The highest BCUT2D eigenvalue weighted by atomic mass is 16.5. The van der Waals surface area contributed by atoms with Crippen LogP contribution in [0.2, 0.25) is 0 Å². The van der Waals surface area contributed by atoms with Crippen LogP contribution in [0.15, 0.2) is 30.3 Å². The molecule has 1 N–H and O–H groups in total. The summed E-state index contributed by atoms with van der Waals surface area (Å²) in [5, 5.41) is 9.71. The molecule has 1 aliphatic heterocycles. The van der Waals surface area contributed by atoms with Crippen LogP contribution in [0.3, 0.4) is 0 Å². The predicted octanol–water partition coefficient (Wildman–Crippen LogP) is 2.00. The summed E-state index contributed by atoms with van der Waals surface area (Å²) in [6.45, 7) is 2.93. The number of benzene rings is 1. The molecule has 3 atom stereocenters. The molecule has 1 aliphatic rings. The van der Waals surface area contributed by atoms with Crippen LogP contribution in [0.4, 0.5) is 0 Å². The van der Waals surface area contributed by atoms with Gasteiger partial charge in [0.05, 0.1) is 25.4 Å². The molecule has 0 aliphatic carbocycles. The molecule has 0 bridgehead atoms. The number of aliphatic hydroxyl groups is 1. The highest BCUT2D eigenvalue weighted by Crippen LogP contribution is 2.18. The number of rotatable bonds is 3. The number of methoxy groups -OCH3 is 1. The Hall–Kier alpha value is -0.940. The third kappa shape index (κ3) is 6.16. The Bertz CT molecular complexity index is 328. The summed E-state index contributed by atoms with van der Waals surface area (Å²) in [4.78, 5) is 0. The molecule has 2 rings (SSSR count). The van der Waals surface area contributed by atoms with Gasteiger partial charge >= 0.3 is 0 Å². The summed E-state index contributed by atoms with van der Waals surface area (Å²) in [7, 11) is 3.25. The number of aliphatic hydroxyl groups excluding tert-OH is 1. The van der Waals surface area contributed by atoms with Crippen molar-refractivity contribution < 1.29 is 19.3 Å². The van der Waals surface area contributed by atoms with Gasteiger partial charge in [-0.2, -0.15) is 0 Å². The minimum absolute atomic E-state index is 0.107. The maximum atomic E-state index is 9.71. The van der Waals surface area contributed by atoms with Crippen molar-refractivity contribution in [3.05, 3.63) is 35.9 Å². The highest BCUT2D eigenvalue weighted by molar-refractivity contribution is 5.13. The fraction of sp³-hybridized carbons (Fsp3) is 0.600. The Morgan fingerprint density at radius 3 is 2.53 bits per heavy atom. The van der Waals surface area contributed by atoms with E-state index in [2.05, 4.69) is 4.74 Å². The van der Waals surface area contributed by atoms with Crippen LogP contribution in [0.1, 0.15) is 18.9 Å². The van der Waals surface area contributed by atoms with E-state index in [0.717, 1.165) is 12.0 Å². The zero-order valence-electron chi connectivity index (χ0n) is 11.9. The van der Waals surface area contributed by atoms with Gasteiger partial charge < -0.3 is 19.3 Å². The molecule has 1 aromatic rings. The summed E-state index contributed by atoms with van der Waals surface area (Å²) < 4.78 is 15.3. The van der Waals surface area contributed by atoms with Crippen LogP contribution in [-0.2, 0) is 20.8 Å². The van der Waals surface area contributed by atoms with E-state index in [9.17, 15) is 5.11 Å². The van der Waals surface area contributed by atoms with E-state index in [0.29, 0.717) is 13.2 Å². The standard InChI is InChI=1S/C13H18O3.C2H6O/c1-10-7-13(12(14)9-15-10)16-8-11-5-3-2-4-6-11;1-3-2/h2-6,10,12-14H,7-9H2,1H3;1-2H3. The van der Waals surface area contributed by atoms with E-state index in [4.69, 9.17) is 9.47 Å². The molecule has 1 heterocycles. The Labute approximate surface area is 115 Å². The Morgan fingerprint density at radius 1 is 1.26 bits per heavy atom. The van der Waals surface area contributed by atoms with Gasteiger partial charge in [-0.15, -0.1) is 0 Å². The minimum Gasteiger partial charge on any atom is -0.388 e. The van der Waals surface area contributed by atoms with Crippen molar-refractivity contribution in [1.29, 1.82) is 0 Å². The summed E-state index contributed by atoms with van der Waals surface area (Å²) >= 11 is 0. The Kier molecular flexibility index (Phi) is 7.67. The van der Waals surface area contributed by atoms with Crippen molar-refractivity contribution in [2.75, 3.05) is 20.8 Å². The van der Waals surface area contributed by atoms with Crippen molar-refractivity contribution in [3.8, 4) is 0 Å². The van der Waals surface area contributed by atoms with Crippen LogP contribution in [0.5, 0.6) is 0 Å². The van der Waals surface area contributed by atoms with Gasteiger partial charge in [0, 0.05) is 20.6 Å². The molecule has 4 heteroatoms. The third-order valence-electron chi connectivity index (χ3n) is 2.85. The predicted molar refractivity (Wildman–Crippen MR) is 74.0 cm³/mol. The van der Waals surface area contributed by atoms with Gasteiger partial charge in [-0.05, 0) is 12.5 Å². The van der Waals surface area contributed by atoms with E-state index in [1.165, 1.54) is 0 Å². The van der Waals surface area contributed by atoms with Crippen LogP contribution in [0.25, 0.3) is 0 Å². The quantitative estimate of drug-likeness (QED) is 0.911. The molecule has 4 nitrogen and oxygen atoms in total. The summed E-state index contributed by atoms with van der Waals surface area (Å²) in [6.07, 6.45) is 0.321. The third-order valence-corrected chi connectivity index (χ3v) is 2.85. The normalized spacial score (nSPS) is 26.4. The van der Waals surface area contributed by atoms with E-state index in [-0.39, 0.29) is 12.2 Å². The second-order valence-corrected chi connectivity index (χ2v) is 4.69. The van der Waals surface area contributed by atoms with E-state index in [1.54, 1.807) is 14.2 Å². The number of hydrogen-bond acceptors (Lipinski definition) is 4. The first kappa shape index (κ1) is 16.1. The van der Waals surface area contributed by atoms with E-state index < -0.39 is 6.10 Å². The lowest BCUT2D eigenvalue weighted by Crippen LogP contribution is -2.41. The van der Waals surface area contributed by atoms with Gasteiger partial charge in [0.15, 0.2) is 0 Å². The van der Waals surface area contributed by atoms with Crippen LogP contribution >= 0.6 is 0 Å². The first-order valence-corrected chi connectivity index (χ1v) is 6.52. The monoisotopic (exact) mass is 268 g/mol. The van der Waals surface area contributed by atoms with E-state index in [1.807, 2.05) is 37.3 Å². The molecule has 108 valence electrons. The number of hydrogen-bond donors (Lipinski definition) is 1. The summed E-state index contributed by atoms with van der Waals surface area (Å²) in [6, 6.07) is 10.0. The van der Waals surface area contributed by atoms with Gasteiger partial charge in [0.25, 0.3) is 0 Å². The first-order chi connectivity index (χ1) is 9.17. The van der Waals surface area contributed by atoms with Crippen LogP contribution in [0, 0.1) is 0 Å². The van der Waals surface area contributed by atoms with Gasteiger partial charge in [-0.25, -0.2) is 0 Å². The average Bonchev–Trinajstić information content (AvgIpc) is 2.42. The lowest BCUT2D eigenvalue weighted by molar-refractivity contribution is -0.142. The first-order valence-electron chi connectivity index (χ1n) is 6.52. The van der Waals surface area contributed by atoms with Crippen LogP contribution < -0.4 is 0 Å². The molecule has 1 saturated heterocycles. The van der Waals surface area contributed by atoms with Crippen molar-refractivity contribution in [2.45, 2.75) is 38.3 Å². The molecular formula is C15H24O4. The lowest BCUT2D eigenvalue weighted by atomic mass is 10.0. The van der Waals surface area contributed by atoms with Crippen molar-refractivity contribution >= 4 is 0 Å². The summed E-state index contributed by atoms with van der Waals surface area (Å²) in [5.74, 6) is 0. The van der Waals surface area contributed by atoms with Gasteiger partial charge in [-0.1, -0.05) is 30.3 Å². The number of ether oxygens (including phenoxy) is 3. The average molecular weight is 268 g/mol. The molecule has 0 spiro atoms. The SMILES string of the molecule is CC1CC(OCc2ccccc2)C(O)CO1.COC. The molecule has 0 aromatic heterocycles. The van der Waals surface area contributed by atoms with Crippen molar-refractivity contribution in [2.24, 2.45) is 0 Å². The van der Waals surface area contributed by atoms with Crippen molar-refractivity contribution in [3.63, 3.8) is 0 Å². The molecular weight excluding hydrogens is 244 g/mol. The zero-order valence-corrected chi connectivity index (χ0v) is 11.9. The second-order valence-electron chi connectivity index (χ2n) is 4.69. The minimum atomic E-state index is -0.500. The zero-order chi connectivity index (χ0) is 14.1. The lowest BCUT2D eigenvalue weighted by Gasteiger charge is -2.31. The molecule has 19 heavy (non-hydrogen) atoms. The fourth-order valence-electron chi connectivity index (χ4n) is 1.88. The Morgan fingerprint density at radius 2 is 1.89 bits per heavy atom. The molecule has 0 saturated carbocycles. The summed E-state index contributed by atoms with van der Waals surface area (Å²) in [5.41, 5.74) is 1.13. The van der Waals surface area contributed by atoms with Crippen LogP contribution in [-0.4, -0.2) is 44.2 Å². The molecule has 1 aromatic carbocycles. The Balaban J connectivity index is 0.000000550. The van der Waals surface area contributed by atoms with Gasteiger partial charge in [0.1, 0.15) is 6.10 Å². The smallest absolute Gasteiger partial charge is 0.104 e. The fourth-order valence-corrected chi connectivity index (χ4v) is 1.88. The highest BCUT2D eigenvalue weighted by Gasteiger charge is 2.28. The largest absolute Gasteiger partial charge is 0.388 e. The second kappa shape index (κ2) is 9.04. The van der Waals surface area contributed by atoms with E-state index >= 15 is 0 Å².